The first kappa shape index (κ1) is 12.3. The highest BCUT2D eigenvalue weighted by molar-refractivity contribution is 5.62. The number of alkyl halides is 3. The van der Waals surface area contributed by atoms with Gasteiger partial charge in [-0.15, -0.1) is 0 Å². The summed E-state index contributed by atoms with van der Waals surface area (Å²) in [6.45, 7) is 1.28. The second-order valence-electron chi connectivity index (χ2n) is 3.53. The summed E-state index contributed by atoms with van der Waals surface area (Å²) in [6, 6.07) is -0.0958. The predicted molar refractivity (Wildman–Crippen MR) is 53.8 cm³/mol. The molecule has 8 heteroatoms. The molecule has 0 fully saturated rings. The molecule has 0 radical (unpaired) electrons. The Morgan fingerprint density at radius 2 is 2.00 bits per heavy atom. The van der Waals surface area contributed by atoms with Crippen molar-refractivity contribution in [2.45, 2.75) is 13.1 Å². The molecule has 0 saturated heterocycles. The van der Waals surface area contributed by atoms with Crippen LogP contribution >= 0.6 is 0 Å². The number of aromatic nitrogens is 2. The van der Waals surface area contributed by atoms with E-state index in [1.807, 2.05) is 0 Å². The van der Waals surface area contributed by atoms with Gasteiger partial charge in [0.15, 0.2) is 0 Å². The lowest BCUT2D eigenvalue weighted by atomic mass is 10.1. The molecule has 0 amide bonds. The third-order valence-corrected chi connectivity index (χ3v) is 2.20. The Balaban J connectivity index is 2.65. The van der Waals surface area contributed by atoms with Crippen LogP contribution in [0.1, 0.15) is 11.3 Å². The van der Waals surface area contributed by atoms with Crippen LogP contribution in [0.4, 0.5) is 23.4 Å². The monoisotopic (exact) mass is 261 g/mol. The summed E-state index contributed by atoms with van der Waals surface area (Å²) in [5.41, 5.74) is 3.65. The zero-order chi connectivity index (χ0) is 13.5. The van der Waals surface area contributed by atoms with Gasteiger partial charge in [0.25, 0.3) is 0 Å². The van der Waals surface area contributed by atoms with Crippen molar-refractivity contribution < 1.29 is 22.0 Å². The number of halogens is 4. The van der Waals surface area contributed by atoms with Gasteiger partial charge in [0.1, 0.15) is 11.5 Å². The highest BCUT2D eigenvalue weighted by Crippen LogP contribution is 2.37. The molecule has 96 valence electrons. The predicted octanol–water partition coefficient (Wildman–Crippen LogP) is 2.79. The number of pyridine rings is 1. The summed E-state index contributed by atoms with van der Waals surface area (Å²) in [7, 11) is 0. The normalized spacial score (nSPS) is 11.8. The van der Waals surface area contributed by atoms with Crippen molar-refractivity contribution >= 4 is 5.82 Å². The second-order valence-corrected chi connectivity index (χ2v) is 3.53. The fourth-order valence-corrected chi connectivity index (χ4v) is 1.37. The van der Waals surface area contributed by atoms with Crippen LogP contribution in [0.25, 0.3) is 11.5 Å². The smallest absolute Gasteiger partial charge is 0.411 e. The summed E-state index contributed by atoms with van der Waals surface area (Å²) in [4.78, 5) is 6.93. The molecule has 0 aliphatic carbocycles. The molecule has 2 N–H and O–H groups in total. The maximum Gasteiger partial charge on any atom is 0.418 e. The van der Waals surface area contributed by atoms with Crippen molar-refractivity contribution in [3.05, 3.63) is 29.5 Å². The first-order valence-corrected chi connectivity index (χ1v) is 4.75. The number of rotatable bonds is 1. The van der Waals surface area contributed by atoms with Crippen LogP contribution in [0.2, 0.25) is 0 Å². The standard InChI is InChI=1S/C10H7F4N3O/c1-4-8(11)18-9(17-4)5-2-7(15)16-3-6(5)10(12,13)14/h2-3H,1H3,(H2,15,16). The van der Waals surface area contributed by atoms with Gasteiger partial charge in [-0.1, -0.05) is 0 Å². The molecule has 0 aliphatic rings. The molecular weight excluding hydrogens is 254 g/mol. The summed E-state index contributed by atoms with van der Waals surface area (Å²) >= 11 is 0. The molecule has 0 aliphatic heterocycles. The van der Waals surface area contributed by atoms with Gasteiger partial charge in [-0.2, -0.15) is 17.6 Å². The average Bonchev–Trinajstić information content (AvgIpc) is 2.57. The Morgan fingerprint density at radius 1 is 1.33 bits per heavy atom. The molecule has 2 heterocycles. The molecule has 2 aromatic heterocycles. The molecule has 18 heavy (non-hydrogen) atoms. The van der Waals surface area contributed by atoms with Crippen LogP contribution in [0.3, 0.4) is 0 Å². The lowest BCUT2D eigenvalue weighted by molar-refractivity contribution is -0.137. The number of nitrogens with two attached hydrogens (primary N) is 1. The van der Waals surface area contributed by atoms with Crippen LogP contribution in [-0.4, -0.2) is 9.97 Å². The molecular formula is C10H7F4N3O. The van der Waals surface area contributed by atoms with E-state index in [-0.39, 0.29) is 11.5 Å². The van der Waals surface area contributed by atoms with Crippen LogP contribution in [0.15, 0.2) is 16.7 Å². The van der Waals surface area contributed by atoms with E-state index in [0.29, 0.717) is 6.20 Å². The van der Waals surface area contributed by atoms with Crippen molar-refractivity contribution in [1.29, 1.82) is 0 Å². The molecule has 0 aromatic carbocycles. The van der Waals surface area contributed by atoms with Crippen molar-refractivity contribution in [2.24, 2.45) is 0 Å². The van der Waals surface area contributed by atoms with Crippen LogP contribution in [-0.2, 0) is 6.18 Å². The number of anilines is 1. The molecule has 4 nitrogen and oxygen atoms in total. The first-order valence-electron chi connectivity index (χ1n) is 4.75. The van der Waals surface area contributed by atoms with Crippen molar-refractivity contribution in [3.63, 3.8) is 0 Å². The number of hydrogen-bond donors (Lipinski definition) is 1. The largest absolute Gasteiger partial charge is 0.418 e. The Morgan fingerprint density at radius 3 is 2.50 bits per heavy atom. The Bertz CT molecular complexity index is 572. The lowest BCUT2D eigenvalue weighted by Crippen LogP contribution is -2.09. The van der Waals surface area contributed by atoms with Crippen LogP contribution < -0.4 is 5.73 Å². The fraction of sp³-hybridized carbons (Fsp3) is 0.200. The average molecular weight is 261 g/mol. The zero-order valence-corrected chi connectivity index (χ0v) is 9.05. The van der Waals surface area contributed by atoms with Crippen molar-refractivity contribution in [2.75, 3.05) is 5.73 Å². The highest BCUT2D eigenvalue weighted by Gasteiger charge is 2.35. The molecule has 0 atom stereocenters. The molecule has 0 spiro atoms. The van der Waals surface area contributed by atoms with Crippen molar-refractivity contribution in [3.8, 4) is 11.5 Å². The van der Waals surface area contributed by atoms with Gasteiger partial charge in [-0.25, -0.2) is 9.97 Å². The topological polar surface area (TPSA) is 64.9 Å². The minimum Gasteiger partial charge on any atom is -0.411 e. The van der Waals surface area contributed by atoms with Crippen LogP contribution in [0, 0.1) is 12.9 Å². The Hall–Kier alpha value is -2.12. The first-order chi connectivity index (χ1) is 8.29. The SMILES string of the molecule is Cc1nc(-c2cc(N)ncc2C(F)(F)F)oc1F. The molecule has 0 bridgehead atoms. The van der Waals surface area contributed by atoms with Gasteiger partial charge >= 0.3 is 12.2 Å². The van der Waals surface area contributed by atoms with Gasteiger partial charge in [0.05, 0.1) is 11.1 Å². The van der Waals surface area contributed by atoms with E-state index in [1.54, 1.807) is 0 Å². The summed E-state index contributed by atoms with van der Waals surface area (Å²) in [6.07, 6.45) is -4.10. The van der Waals surface area contributed by atoms with E-state index in [9.17, 15) is 17.6 Å². The quantitative estimate of drug-likeness (QED) is 0.801. The minimum atomic E-state index is -4.66. The summed E-state index contributed by atoms with van der Waals surface area (Å²) in [5.74, 6) is -0.624. The molecule has 2 aromatic rings. The lowest BCUT2D eigenvalue weighted by Gasteiger charge is -2.10. The Labute approximate surface area is 98.5 Å². The third kappa shape index (κ3) is 2.13. The van der Waals surface area contributed by atoms with E-state index >= 15 is 0 Å². The van der Waals surface area contributed by atoms with Gasteiger partial charge < -0.3 is 10.2 Å². The Kier molecular flexibility index (Phi) is 2.72. The number of nitrogens with zero attached hydrogens (tertiary/aromatic N) is 2. The minimum absolute atomic E-state index is 0.131. The van der Waals surface area contributed by atoms with Gasteiger partial charge in [-0.05, 0) is 13.0 Å². The van der Waals surface area contributed by atoms with Crippen molar-refractivity contribution in [1.82, 2.24) is 9.97 Å². The number of aryl methyl sites for hydroxylation is 1. The summed E-state index contributed by atoms with van der Waals surface area (Å²) in [5, 5.41) is 0. The van der Waals surface area contributed by atoms with Gasteiger partial charge in [0.2, 0.25) is 5.89 Å². The van der Waals surface area contributed by atoms with E-state index < -0.39 is 29.2 Å². The van der Waals surface area contributed by atoms with Crippen LogP contribution in [0.5, 0.6) is 0 Å². The van der Waals surface area contributed by atoms with Gasteiger partial charge in [0, 0.05) is 6.20 Å². The second kappa shape index (κ2) is 3.97. The maximum atomic E-state index is 13.0. The number of nitrogen functional groups attached to an aromatic ring is 1. The molecule has 0 unspecified atom stereocenters. The molecule has 0 saturated carbocycles. The summed E-state index contributed by atoms with van der Waals surface area (Å²) < 4.78 is 55.7. The number of hydrogen-bond acceptors (Lipinski definition) is 4. The fourth-order valence-electron chi connectivity index (χ4n) is 1.37. The highest BCUT2D eigenvalue weighted by atomic mass is 19.4. The maximum absolute atomic E-state index is 13.0. The number of oxazole rings is 1. The molecule has 2 rings (SSSR count). The van der Waals surface area contributed by atoms with E-state index in [1.165, 1.54) is 6.92 Å². The van der Waals surface area contributed by atoms with E-state index in [2.05, 4.69) is 14.4 Å². The zero-order valence-electron chi connectivity index (χ0n) is 9.05. The van der Waals surface area contributed by atoms with E-state index in [0.717, 1.165) is 6.07 Å². The van der Waals surface area contributed by atoms with E-state index in [4.69, 9.17) is 5.73 Å². The third-order valence-electron chi connectivity index (χ3n) is 2.20. The van der Waals surface area contributed by atoms with Gasteiger partial charge in [-0.3, -0.25) is 0 Å².